The van der Waals surface area contributed by atoms with Gasteiger partial charge in [0.15, 0.2) is 5.96 Å². The Labute approximate surface area is 164 Å². The van der Waals surface area contributed by atoms with Crippen LogP contribution in [0.4, 0.5) is 0 Å². The Morgan fingerprint density at radius 1 is 1.15 bits per heavy atom. The van der Waals surface area contributed by atoms with Crippen LogP contribution >= 0.6 is 0 Å². The number of carbonyl (C=O) groups excluding carboxylic acids is 1. The SMILES string of the molecule is CCNC(=NCCCOCC1CCCO1)NCCC(=O)NC1CCCCC1. The Hall–Kier alpha value is -1.34. The number of nitrogens with one attached hydrogen (secondary N) is 3. The van der Waals surface area contributed by atoms with Crippen LogP contribution in [0.1, 0.15) is 64.7 Å². The lowest BCUT2D eigenvalue weighted by Crippen LogP contribution is -2.41. The summed E-state index contributed by atoms with van der Waals surface area (Å²) in [5.74, 6) is 0.898. The van der Waals surface area contributed by atoms with Crippen molar-refractivity contribution in [2.75, 3.05) is 39.5 Å². The van der Waals surface area contributed by atoms with Gasteiger partial charge in [-0.25, -0.2) is 0 Å². The van der Waals surface area contributed by atoms with Gasteiger partial charge in [-0.3, -0.25) is 9.79 Å². The summed E-state index contributed by atoms with van der Waals surface area (Å²) in [6, 6.07) is 0.378. The van der Waals surface area contributed by atoms with Crippen LogP contribution in [0.25, 0.3) is 0 Å². The van der Waals surface area contributed by atoms with Gasteiger partial charge in [0.1, 0.15) is 0 Å². The van der Waals surface area contributed by atoms with Gasteiger partial charge in [-0.15, -0.1) is 0 Å². The highest BCUT2D eigenvalue weighted by Crippen LogP contribution is 2.17. The second-order valence-electron chi connectivity index (χ2n) is 7.40. The van der Waals surface area contributed by atoms with E-state index in [1.165, 1.54) is 19.3 Å². The fourth-order valence-corrected chi connectivity index (χ4v) is 3.53. The van der Waals surface area contributed by atoms with Gasteiger partial charge in [0.05, 0.1) is 12.7 Å². The van der Waals surface area contributed by atoms with E-state index in [9.17, 15) is 4.79 Å². The minimum absolute atomic E-state index is 0.132. The molecule has 1 heterocycles. The van der Waals surface area contributed by atoms with Crippen LogP contribution in [-0.2, 0) is 14.3 Å². The number of guanidine groups is 1. The van der Waals surface area contributed by atoms with Gasteiger partial charge < -0.3 is 25.4 Å². The van der Waals surface area contributed by atoms with Gasteiger partial charge in [-0.2, -0.15) is 0 Å². The zero-order valence-corrected chi connectivity index (χ0v) is 16.9. The average Bonchev–Trinajstić information content (AvgIpc) is 3.18. The molecule has 2 rings (SSSR count). The van der Waals surface area contributed by atoms with Crippen LogP contribution < -0.4 is 16.0 Å². The second kappa shape index (κ2) is 13.8. The minimum atomic E-state index is 0.132. The topological polar surface area (TPSA) is 84.0 Å². The average molecular weight is 383 g/mol. The Balaban J connectivity index is 1.53. The monoisotopic (exact) mass is 382 g/mol. The first-order valence-electron chi connectivity index (χ1n) is 10.8. The minimum Gasteiger partial charge on any atom is -0.379 e. The fourth-order valence-electron chi connectivity index (χ4n) is 3.53. The largest absolute Gasteiger partial charge is 0.379 e. The number of ether oxygens (including phenoxy) is 2. The predicted octanol–water partition coefficient (Wildman–Crippen LogP) is 1.97. The molecule has 7 heteroatoms. The predicted molar refractivity (Wildman–Crippen MR) is 108 cm³/mol. The maximum Gasteiger partial charge on any atom is 0.221 e. The molecule has 1 saturated carbocycles. The van der Waals surface area contributed by atoms with Crippen molar-refractivity contribution in [3.8, 4) is 0 Å². The molecule has 0 aromatic carbocycles. The second-order valence-corrected chi connectivity index (χ2v) is 7.40. The van der Waals surface area contributed by atoms with Crippen molar-refractivity contribution in [1.29, 1.82) is 0 Å². The molecule has 0 aromatic heterocycles. The number of amides is 1. The molecule has 0 aromatic rings. The molecule has 3 N–H and O–H groups in total. The summed E-state index contributed by atoms with van der Waals surface area (Å²) in [5, 5.41) is 9.61. The maximum atomic E-state index is 12.1. The summed E-state index contributed by atoms with van der Waals surface area (Å²) in [4.78, 5) is 16.6. The number of rotatable bonds is 11. The van der Waals surface area contributed by atoms with Crippen molar-refractivity contribution in [2.45, 2.75) is 76.9 Å². The normalized spacial score (nSPS) is 21.2. The molecule has 1 aliphatic heterocycles. The quantitative estimate of drug-likeness (QED) is 0.289. The van der Waals surface area contributed by atoms with Crippen LogP contribution in [0.3, 0.4) is 0 Å². The van der Waals surface area contributed by atoms with Gasteiger partial charge in [-0.05, 0) is 39.0 Å². The zero-order valence-electron chi connectivity index (χ0n) is 16.9. The molecule has 27 heavy (non-hydrogen) atoms. The lowest BCUT2D eigenvalue weighted by Gasteiger charge is -2.22. The van der Waals surface area contributed by atoms with Crippen molar-refractivity contribution in [2.24, 2.45) is 4.99 Å². The molecule has 1 atom stereocenters. The van der Waals surface area contributed by atoms with E-state index in [0.717, 1.165) is 51.2 Å². The van der Waals surface area contributed by atoms with E-state index >= 15 is 0 Å². The molecule has 7 nitrogen and oxygen atoms in total. The van der Waals surface area contributed by atoms with Crippen LogP contribution in [0.2, 0.25) is 0 Å². The van der Waals surface area contributed by atoms with Crippen LogP contribution in [0.5, 0.6) is 0 Å². The van der Waals surface area contributed by atoms with Crippen molar-refractivity contribution in [1.82, 2.24) is 16.0 Å². The molecule has 1 aliphatic carbocycles. The lowest BCUT2D eigenvalue weighted by molar-refractivity contribution is -0.121. The summed E-state index contributed by atoms with van der Waals surface area (Å²) < 4.78 is 11.2. The first kappa shape index (κ1) is 22.0. The summed E-state index contributed by atoms with van der Waals surface area (Å²) in [5.41, 5.74) is 0. The summed E-state index contributed by atoms with van der Waals surface area (Å²) in [7, 11) is 0. The number of carbonyl (C=O) groups is 1. The van der Waals surface area contributed by atoms with E-state index in [1.807, 2.05) is 6.92 Å². The van der Waals surface area contributed by atoms with Crippen molar-refractivity contribution < 1.29 is 14.3 Å². The van der Waals surface area contributed by atoms with Crippen molar-refractivity contribution >= 4 is 11.9 Å². The molecule has 1 unspecified atom stereocenters. The van der Waals surface area contributed by atoms with Gasteiger partial charge in [0, 0.05) is 45.3 Å². The van der Waals surface area contributed by atoms with Crippen LogP contribution in [-0.4, -0.2) is 63.5 Å². The van der Waals surface area contributed by atoms with E-state index in [-0.39, 0.29) is 12.0 Å². The van der Waals surface area contributed by atoms with Gasteiger partial charge >= 0.3 is 0 Å². The highest BCUT2D eigenvalue weighted by Gasteiger charge is 2.16. The molecule has 1 saturated heterocycles. The van der Waals surface area contributed by atoms with Gasteiger partial charge in [0.25, 0.3) is 0 Å². The molecular formula is C20H38N4O3. The summed E-state index contributed by atoms with van der Waals surface area (Å²) in [6.45, 7) is 6.40. The molecule has 156 valence electrons. The molecule has 0 spiro atoms. The van der Waals surface area contributed by atoms with E-state index in [2.05, 4.69) is 20.9 Å². The van der Waals surface area contributed by atoms with E-state index in [0.29, 0.717) is 38.8 Å². The molecule has 1 amide bonds. The number of nitrogens with zero attached hydrogens (tertiary/aromatic N) is 1. The van der Waals surface area contributed by atoms with Crippen LogP contribution in [0, 0.1) is 0 Å². The maximum absolute atomic E-state index is 12.1. The Morgan fingerprint density at radius 2 is 2.00 bits per heavy atom. The summed E-state index contributed by atoms with van der Waals surface area (Å²) >= 11 is 0. The van der Waals surface area contributed by atoms with Gasteiger partial charge in [0.2, 0.25) is 5.91 Å². The third-order valence-electron chi connectivity index (χ3n) is 5.00. The summed E-state index contributed by atoms with van der Waals surface area (Å²) in [6.07, 6.45) is 9.92. The fraction of sp³-hybridized carbons (Fsp3) is 0.900. The highest BCUT2D eigenvalue weighted by molar-refractivity contribution is 5.81. The third kappa shape index (κ3) is 9.96. The van der Waals surface area contributed by atoms with Crippen molar-refractivity contribution in [3.05, 3.63) is 0 Å². The Kier molecular flexibility index (Phi) is 11.2. The van der Waals surface area contributed by atoms with E-state index < -0.39 is 0 Å². The Bertz CT molecular complexity index is 433. The number of hydrogen-bond acceptors (Lipinski definition) is 4. The number of hydrogen-bond donors (Lipinski definition) is 3. The van der Waals surface area contributed by atoms with Gasteiger partial charge in [-0.1, -0.05) is 19.3 Å². The molecule has 2 aliphatic rings. The third-order valence-corrected chi connectivity index (χ3v) is 5.00. The smallest absolute Gasteiger partial charge is 0.221 e. The van der Waals surface area contributed by atoms with Crippen LogP contribution in [0.15, 0.2) is 4.99 Å². The van der Waals surface area contributed by atoms with Crippen molar-refractivity contribution in [3.63, 3.8) is 0 Å². The highest BCUT2D eigenvalue weighted by atomic mass is 16.5. The molecule has 2 fully saturated rings. The zero-order chi connectivity index (χ0) is 19.2. The molecular weight excluding hydrogens is 344 g/mol. The first-order chi connectivity index (χ1) is 13.3. The standard InChI is InChI=1S/C20H38N4O3/c1-2-21-20(22-12-7-14-26-16-18-10-6-15-27-18)23-13-11-19(25)24-17-8-4-3-5-9-17/h17-18H,2-16H2,1H3,(H,24,25)(H2,21,22,23). The Morgan fingerprint density at radius 3 is 2.74 bits per heavy atom. The lowest BCUT2D eigenvalue weighted by atomic mass is 9.95. The molecule has 0 bridgehead atoms. The first-order valence-corrected chi connectivity index (χ1v) is 10.8. The number of aliphatic imine (C=N–C) groups is 1. The van der Waals surface area contributed by atoms with E-state index in [4.69, 9.17) is 9.47 Å². The molecule has 0 radical (unpaired) electrons. The van der Waals surface area contributed by atoms with E-state index in [1.54, 1.807) is 0 Å².